The van der Waals surface area contributed by atoms with Gasteiger partial charge in [-0.25, -0.2) is 9.67 Å². The number of fused-ring (bicyclic) bond motifs is 1. The smallest absolute Gasteiger partial charge is 0.150 e. The number of halogens is 2. The summed E-state index contributed by atoms with van der Waals surface area (Å²) in [6, 6.07) is 2.82. The quantitative estimate of drug-likeness (QED) is 0.222. The second kappa shape index (κ2) is 8.98. The van der Waals surface area contributed by atoms with E-state index in [1.165, 1.54) is 0 Å². The van der Waals surface area contributed by atoms with Crippen LogP contribution in [0.15, 0.2) is 6.07 Å². The molecule has 140 valence electrons. The molecule has 0 aliphatic carbocycles. The molecule has 25 heavy (non-hydrogen) atoms. The van der Waals surface area contributed by atoms with Gasteiger partial charge in [0.1, 0.15) is 39.0 Å². The third-order valence-electron chi connectivity index (χ3n) is 3.67. The minimum absolute atomic E-state index is 0.0228. The summed E-state index contributed by atoms with van der Waals surface area (Å²) >= 11 is 8.30. The van der Waals surface area contributed by atoms with Crippen LogP contribution in [-0.2, 0) is 16.2 Å². The van der Waals surface area contributed by atoms with Crippen LogP contribution in [0.25, 0.3) is 11.0 Å². The topological polar surface area (TPSA) is 58.4 Å². The van der Waals surface area contributed by atoms with Crippen molar-refractivity contribution in [2.45, 2.75) is 45.4 Å². The molecule has 0 unspecified atom stereocenters. The van der Waals surface area contributed by atoms with Crippen molar-refractivity contribution in [1.29, 1.82) is 0 Å². The molecule has 0 bridgehead atoms. The lowest BCUT2D eigenvalue weighted by atomic mass is 10.3. The molecule has 1 atom stereocenters. The van der Waals surface area contributed by atoms with Crippen LogP contribution in [0.2, 0.25) is 30.8 Å². The van der Waals surface area contributed by atoms with E-state index in [1.807, 2.05) is 6.92 Å². The zero-order valence-electron chi connectivity index (χ0n) is 15.3. The van der Waals surface area contributed by atoms with Gasteiger partial charge in [0, 0.05) is 27.9 Å². The largest absolute Gasteiger partial charge is 0.488 e. The summed E-state index contributed by atoms with van der Waals surface area (Å²) in [5.74, 6) is 0.642. The molecule has 0 N–H and O–H groups in total. The maximum Gasteiger partial charge on any atom is 0.150 e. The van der Waals surface area contributed by atoms with Crippen molar-refractivity contribution in [3.05, 3.63) is 14.9 Å². The Morgan fingerprint density at radius 1 is 1.36 bits per heavy atom. The van der Waals surface area contributed by atoms with Crippen LogP contribution in [0.4, 0.5) is 0 Å². The van der Waals surface area contributed by atoms with Gasteiger partial charge in [-0.3, -0.25) is 0 Å². The van der Waals surface area contributed by atoms with E-state index in [4.69, 9.17) is 25.8 Å². The lowest BCUT2D eigenvalue weighted by molar-refractivity contribution is 0.0702. The van der Waals surface area contributed by atoms with E-state index in [9.17, 15) is 0 Å². The van der Waals surface area contributed by atoms with E-state index in [2.05, 4.69) is 52.3 Å². The van der Waals surface area contributed by atoms with Crippen molar-refractivity contribution in [2.75, 3.05) is 20.3 Å². The van der Waals surface area contributed by atoms with Gasteiger partial charge in [-0.05, 0) is 35.6 Å². The standard InChI is InChI=1S/C16H25ClIN3O3Si/c1-11(22-2)9-24-12-8-13(17)19-14-15(12)21(20-16(14)18)10-23-6-7-25(3,4)5/h8,11H,6-7,9-10H2,1-5H3/t11-/m0/s1. The van der Waals surface area contributed by atoms with Crippen LogP contribution in [0, 0.1) is 3.70 Å². The van der Waals surface area contributed by atoms with Crippen LogP contribution in [-0.4, -0.2) is 49.3 Å². The predicted octanol–water partition coefficient (Wildman–Crippen LogP) is 4.42. The van der Waals surface area contributed by atoms with E-state index in [0.717, 1.165) is 27.4 Å². The van der Waals surface area contributed by atoms with Crippen molar-refractivity contribution >= 4 is 53.3 Å². The Morgan fingerprint density at radius 2 is 2.08 bits per heavy atom. The first-order chi connectivity index (χ1) is 11.7. The molecule has 2 heterocycles. The highest BCUT2D eigenvalue weighted by molar-refractivity contribution is 14.1. The molecule has 0 radical (unpaired) electrons. The molecular formula is C16H25ClIN3O3Si. The third-order valence-corrected chi connectivity index (χ3v) is 6.30. The van der Waals surface area contributed by atoms with Crippen molar-refractivity contribution in [3.8, 4) is 5.75 Å². The highest BCUT2D eigenvalue weighted by Gasteiger charge is 2.18. The fourth-order valence-corrected chi connectivity index (χ4v) is 3.67. The molecule has 2 aromatic heterocycles. The van der Waals surface area contributed by atoms with E-state index >= 15 is 0 Å². The van der Waals surface area contributed by atoms with Crippen LogP contribution in [0.3, 0.4) is 0 Å². The maximum atomic E-state index is 6.14. The Bertz CT molecular complexity index is 721. The number of methoxy groups -OCH3 is 1. The van der Waals surface area contributed by atoms with E-state index < -0.39 is 8.07 Å². The first-order valence-electron chi connectivity index (χ1n) is 8.17. The van der Waals surface area contributed by atoms with Gasteiger partial charge >= 0.3 is 0 Å². The molecule has 0 saturated heterocycles. The lowest BCUT2D eigenvalue weighted by Crippen LogP contribution is -2.22. The summed E-state index contributed by atoms with van der Waals surface area (Å²) in [6.07, 6.45) is -0.0228. The zero-order valence-corrected chi connectivity index (χ0v) is 19.2. The molecular weight excluding hydrogens is 473 g/mol. The third kappa shape index (κ3) is 6.06. The Labute approximate surface area is 168 Å². The molecule has 2 rings (SSSR count). The molecule has 0 aromatic carbocycles. The summed E-state index contributed by atoms with van der Waals surface area (Å²) in [6.45, 7) is 10.5. The summed E-state index contributed by atoms with van der Waals surface area (Å²) in [5, 5.41) is 4.91. The molecule has 0 saturated carbocycles. The van der Waals surface area contributed by atoms with Crippen molar-refractivity contribution < 1.29 is 14.2 Å². The molecule has 0 fully saturated rings. The van der Waals surface area contributed by atoms with Crippen LogP contribution in [0.1, 0.15) is 6.92 Å². The minimum Gasteiger partial charge on any atom is -0.488 e. The molecule has 0 spiro atoms. The second-order valence-electron chi connectivity index (χ2n) is 7.14. The van der Waals surface area contributed by atoms with Gasteiger partial charge in [-0.15, -0.1) is 0 Å². The maximum absolute atomic E-state index is 6.14. The summed E-state index contributed by atoms with van der Waals surface area (Å²) < 4.78 is 19.5. The van der Waals surface area contributed by atoms with E-state index in [-0.39, 0.29) is 6.10 Å². The first-order valence-corrected chi connectivity index (χ1v) is 13.3. The van der Waals surface area contributed by atoms with Crippen molar-refractivity contribution in [3.63, 3.8) is 0 Å². The lowest BCUT2D eigenvalue weighted by Gasteiger charge is -2.16. The average molecular weight is 498 g/mol. The van der Waals surface area contributed by atoms with Gasteiger partial charge in [-0.1, -0.05) is 31.2 Å². The summed E-state index contributed by atoms with van der Waals surface area (Å²) in [4.78, 5) is 4.39. The molecule has 0 aliphatic heterocycles. The van der Waals surface area contributed by atoms with Gasteiger partial charge in [0.25, 0.3) is 0 Å². The fourth-order valence-electron chi connectivity index (χ4n) is 2.09. The average Bonchev–Trinajstić information content (AvgIpc) is 2.84. The number of pyridine rings is 1. The summed E-state index contributed by atoms with van der Waals surface area (Å²) in [7, 11) is 0.539. The number of hydrogen-bond donors (Lipinski definition) is 0. The Morgan fingerprint density at radius 3 is 2.72 bits per heavy atom. The van der Waals surface area contributed by atoms with E-state index in [1.54, 1.807) is 17.9 Å². The van der Waals surface area contributed by atoms with Gasteiger partial charge in [-0.2, -0.15) is 5.10 Å². The highest BCUT2D eigenvalue weighted by Crippen LogP contribution is 2.30. The first kappa shape index (κ1) is 20.9. The number of aromatic nitrogens is 3. The van der Waals surface area contributed by atoms with Crippen LogP contribution < -0.4 is 4.74 Å². The number of ether oxygens (including phenoxy) is 3. The number of hydrogen-bond acceptors (Lipinski definition) is 5. The minimum atomic E-state index is -1.12. The van der Waals surface area contributed by atoms with Crippen molar-refractivity contribution in [2.24, 2.45) is 0 Å². The van der Waals surface area contributed by atoms with Crippen molar-refractivity contribution in [1.82, 2.24) is 14.8 Å². The fraction of sp³-hybridized carbons (Fsp3) is 0.625. The normalized spacial score (nSPS) is 13.4. The van der Waals surface area contributed by atoms with Gasteiger partial charge in [0.05, 0.1) is 6.10 Å². The van der Waals surface area contributed by atoms with E-state index in [0.29, 0.717) is 24.2 Å². The highest BCUT2D eigenvalue weighted by atomic mass is 127. The van der Waals surface area contributed by atoms with Gasteiger partial charge in [0.2, 0.25) is 0 Å². The Balaban J connectivity index is 2.21. The Kier molecular flexibility index (Phi) is 7.50. The van der Waals surface area contributed by atoms with Crippen LogP contribution in [0.5, 0.6) is 5.75 Å². The molecule has 6 nitrogen and oxygen atoms in total. The SMILES string of the molecule is CO[C@@H](C)COc1cc(Cl)nc2c(I)nn(COCC[Si](C)(C)C)c12. The summed E-state index contributed by atoms with van der Waals surface area (Å²) in [5.41, 5.74) is 1.52. The molecule has 2 aromatic rings. The predicted molar refractivity (Wildman–Crippen MR) is 111 cm³/mol. The molecule has 0 aliphatic rings. The number of rotatable bonds is 9. The molecule has 9 heteroatoms. The van der Waals surface area contributed by atoms with Gasteiger partial charge < -0.3 is 14.2 Å². The van der Waals surface area contributed by atoms with Gasteiger partial charge in [0.15, 0.2) is 0 Å². The monoisotopic (exact) mass is 497 g/mol. The zero-order chi connectivity index (χ0) is 18.6. The number of nitrogens with zero attached hydrogens (tertiary/aromatic N) is 3. The van der Waals surface area contributed by atoms with Crippen LogP contribution >= 0.6 is 34.2 Å². The second-order valence-corrected chi connectivity index (χ2v) is 14.2. The molecule has 0 amide bonds. The Hall–Kier alpha value is -0.423.